The first-order chi connectivity index (χ1) is 10.6. The van der Waals surface area contributed by atoms with Gasteiger partial charge in [-0.1, -0.05) is 30.3 Å². The van der Waals surface area contributed by atoms with Crippen LogP contribution in [0.15, 0.2) is 42.5 Å². The predicted octanol–water partition coefficient (Wildman–Crippen LogP) is 4.69. The van der Waals surface area contributed by atoms with Crippen LogP contribution in [0.4, 0.5) is 0 Å². The number of ketones is 1. The highest BCUT2D eigenvalue weighted by Gasteiger charge is 2.45. The van der Waals surface area contributed by atoms with E-state index in [0.29, 0.717) is 12.5 Å². The molecular weight excluding hydrogens is 272 g/mol. The fourth-order valence-electron chi connectivity index (χ4n) is 3.01. The van der Waals surface area contributed by atoms with Gasteiger partial charge in [-0.25, -0.2) is 0 Å². The summed E-state index contributed by atoms with van der Waals surface area (Å²) in [5, 5.41) is 0. The fourth-order valence-corrected chi connectivity index (χ4v) is 3.01. The minimum absolute atomic E-state index is 0.101. The van der Waals surface area contributed by atoms with Gasteiger partial charge in [0.05, 0.1) is 6.61 Å². The number of aryl methyl sites for hydroxylation is 2. The number of rotatable bonds is 5. The smallest absolute Gasteiger partial charge is 0.166 e. The summed E-state index contributed by atoms with van der Waals surface area (Å²) in [4.78, 5) is 12.7. The lowest BCUT2D eigenvalue weighted by atomic mass is 9.99. The van der Waals surface area contributed by atoms with Crippen molar-refractivity contribution in [3.8, 4) is 5.75 Å². The zero-order valence-electron chi connectivity index (χ0n) is 13.4. The highest BCUT2D eigenvalue weighted by molar-refractivity contribution is 6.00. The Morgan fingerprint density at radius 3 is 2.64 bits per heavy atom. The van der Waals surface area contributed by atoms with E-state index < -0.39 is 0 Å². The molecule has 1 aliphatic rings. The van der Waals surface area contributed by atoms with Crippen molar-refractivity contribution in [2.24, 2.45) is 5.92 Å². The van der Waals surface area contributed by atoms with Crippen LogP contribution in [0.2, 0.25) is 0 Å². The van der Waals surface area contributed by atoms with E-state index in [1.165, 1.54) is 16.7 Å². The number of Topliss-reactive ketones (excluding diaryl/α,β-unsaturated/α-hetero) is 1. The Balaban J connectivity index is 1.79. The molecule has 0 amide bonds. The minimum atomic E-state index is 0.101. The van der Waals surface area contributed by atoms with E-state index in [1.54, 1.807) is 0 Å². The molecule has 0 heterocycles. The molecule has 0 bridgehead atoms. The van der Waals surface area contributed by atoms with E-state index in [9.17, 15) is 4.79 Å². The second-order valence-electron chi connectivity index (χ2n) is 6.08. The van der Waals surface area contributed by atoms with Crippen LogP contribution in [0.25, 0.3) is 0 Å². The van der Waals surface area contributed by atoms with Crippen molar-refractivity contribution in [3.05, 3.63) is 64.7 Å². The summed E-state index contributed by atoms with van der Waals surface area (Å²) in [6.07, 6.45) is 0.926. The highest BCUT2D eigenvalue weighted by atomic mass is 16.5. The molecule has 3 rings (SSSR count). The summed E-state index contributed by atoms with van der Waals surface area (Å²) >= 11 is 0. The van der Waals surface area contributed by atoms with Gasteiger partial charge in [0.15, 0.2) is 5.78 Å². The third-order valence-electron chi connectivity index (χ3n) is 4.54. The zero-order chi connectivity index (χ0) is 15.7. The molecule has 2 nitrogen and oxygen atoms in total. The molecule has 0 radical (unpaired) electrons. The lowest BCUT2D eigenvalue weighted by Crippen LogP contribution is -2.04. The molecule has 2 heteroatoms. The summed E-state index contributed by atoms with van der Waals surface area (Å²) in [7, 11) is 0. The van der Waals surface area contributed by atoms with Gasteiger partial charge >= 0.3 is 0 Å². The standard InChI is InChI=1S/C20H22O2/c1-4-22-19-8-6-5-7-16(19)17-12-18(17)20(21)15-10-9-13(2)14(3)11-15/h5-11,17-18H,4,12H2,1-3H3. The summed E-state index contributed by atoms with van der Waals surface area (Å²) in [6.45, 7) is 6.77. The van der Waals surface area contributed by atoms with Crippen molar-refractivity contribution in [2.75, 3.05) is 6.61 Å². The van der Waals surface area contributed by atoms with Gasteiger partial charge in [0.1, 0.15) is 5.75 Å². The highest BCUT2D eigenvalue weighted by Crippen LogP contribution is 2.51. The summed E-state index contributed by atoms with van der Waals surface area (Å²) in [5.74, 6) is 1.59. The molecule has 0 spiro atoms. The molecule has 2 atom stereocenters. The summed E-state index contributed by atoms with van der Waals surface area (Å²) < 4.78 is 5.70. The van der Waals surface area contributed by atoms with Crippen LogP contribution in [-0.4, -0.2) is 12.4 Å². The Bertz CT molecular complexity index is 703. The van der Waals surface area contributed by atoms with Crippen molar-refractivity contribution >= 4 is 5.78 Å². The molecule has 1 saturated carbocycles. The normalized spacial score (nSPS) is 19.8. The Hall–Kier alpha value is -2.09. The maximum absolute atomic E-state index is 12.7. The number of ether oxygens (including phenoxy) is 1. The van der Waals surface area contributed by atoms with Crippen LogP contribution in [-0.2, 0) is 0 Å². The van der Waals surface area contributed by atoms with Gasteiger partial charge in [-0.15, -0.1) is 0 Å². The van der Waals surface area contributed by atoms with Crippen molar-refractivity contribution in [1.29, 1.82) is 0 Å². The Morgan fingerprint density at radius 2 is 1.91 bits per heavy atom. The van der Waals surface area contributed by atoms with E-state index >= 15 is 0 Å². The molecule has 0 aliphatic heterocycles. The van der Waals surface area contributed by atoms with Gasteiger partial charge in [-0.05, 0) is 61.9 Å². The largest absolute Gasteiger partial charge is 0.494 e. The second-order valence-corrected chi connectivity index (χ2v) is 6.08. The number of hydrogen-bond acceptors (Lipinski definition) is 2. The molecule has 22 heavy (non-hydrogen) atoms. The van der Waals surface area contributed by atoms with Crippen LogP contribution < -0.4 is 4.74 Å². The average Bonchev–Trinajstić information content (AvgIpc) is 3.30. The van der Waals surface area contributed by atoms with Crippen LogP contribution in [0.1, 0.15) is 46.3 Å². The fraction of sp³-hybridized carbons (Fsp3) is 0.350. The molecule has 2 aromatic rings. The third kappa shape index (κ3) is 2.78. The van der Waals surface area contributed by atoms with Crippen LogP contribution >= 0.6 is 0 Å². The van der Waals surface area contributed by atoms with Crippen molar-refractivity contribution in [2.45, 2.75) is 33.1 Å². The van der Waals surface area contributed by atoms with Crippen molar-refractivity contribution in [3.63, 3.8) is 0 Å². The Labute approximate surface area is 132 Å². The molecule has 2 unspecified atom stereocenters. The number of hydrogen-bond donors (Lipinski definition) is 0. The minimum Gasteiger partial charge on any atom is -0.494 e. The van der Waals surface area contributed by atoms with Gasteiger partial charge in [-0.3, -0.25) is 4.79 Å². The maximum Gasteiger partial charge on any atom is 0.166 e. The molecule has 114 valence electrons. The lowest BCUT2D eigenvalue weighted by molar-refractivity contribution is 0.0965. The van der Waals surface area contributed by atoms with Crippen molar-refractivity contribution in [1.82, 2.24) is 0 Å². The number of carbonyl (C=O) groups excluding carboxylic acids is 1. The maximum atomic E-state index is 12.7. The average molecular weight is 294 g/mol. The monoisotopic (exact) mass is 294 g/mol. The van der Waals surface area contributed by atoms with E-state index in [1.807, 2.05) is 43.3 Å². The molecule has 1 fully saturated rings. The first-order valence-corrected chi connectivity index (χ1v) is 7.95. The second kappa shape index (κ2) is 5.96. The predicted molar refractivity (Wildman–Crippen MR) is 88.7 cm³/mol. The molecular formula is C20H22O2. The number of carbonyl (C=O) groups is 1. The quantitative estimate of drug-likeness (QED) is 0.748. The van der Waals surface area contributed by atoms with Gasteiger partial charge in [0.25, 0.3) is 0 Å². The lowest BCUT2D eigenvalue weighted by Gasteiger charge is -2.09. The summed E-state index contributed by atoms with van der Waals surface area (Å²) in [5.41, 5.74) is 4.42. The third-order valence-corrected chi connectivity index (χ3v) is 4.54. The van der Waals surface area contributed by atoms with Crippen LogP contribution in [0, 0.1) is 19.8 Å². The Morgan fingerprint density at radius 1 is 1.14 bits per heavy atom. The molecule has 1 aliphatic carbocycles. The molecule has 2 aromatic carbocycles. The van der Waals surface area contributed by atoms with E-state index in [4.69, 9.17) is 4.74 Å². The van der Waals surface area contributed by atoms with Gasteiger partial charge in [-0.2, -0.15) is 0 Å². The van der Waals surface area contributed by atoms with Gasteiger partial charge in [0.2, 0.25) is 0 Å². The van der Waals surface area contributed by atoms with Crippen LogP contribution in [0.5, 0.6) is 5.75 Å². The first-order valence-electron chi connectivity index (χ1n) is 7.95. The van der Waals surface area contributed by atoms with Gasteiger partial charge in [0, 0.05) is 11.5 Å². The number of benzene rings is 2. The first kappa shape index (κ1) is 14.8. The number of para-hydroxylation sites is 1. The topological polar surface area (TPSA) is 26.3 Å². The Kier molecular flexibility index (Phi) is 4.02. The van der Waals surface area contributed by atoms with E-state index in [-0.39, 0.29) is 11.7 Å². The van der Waals surface area contributed by atoms with Gasteiger partial charge < -0.3 is 4.74 Å². The SMILES string of the molecule is CCOc1ccccc1C1CC1C(=O)c1ccc(C)c(C)c1. The zero-order valence-corrected chi connectivity index (χ0v) is 13.4. The van der Waals surface area contributed by atoms with E-state index in [0.717, 1.165) is 17.7 Å². The van der Waals surface area contributed by atoms with Crippen molar-refractivity contribution < 1.29 is 9.53 Å². The van der Waals surface area contributed by atoms with E-state index in [2.05, 4.69) is 19.9 Å². The molecule has 0 aromatic heterocycles. The van der Waals surface area contributed by atoms with Crippen LogP contribution in [0.3, 0.4) is 0 Å². The molecule has 0 N–H and O–H groups in total. The molecule has 0 saturated heterocycles. The summed E-state index contributed by atoms with van der Waals surface area (Å²) in [6, 6.07) is 14.1.